The van der Waals surface area contributed by atoms with E-state index in [4.69, 9.17) is 0 Å². The second-order valence-corrected chi connectivity index (χ2v) is 8.30. The average Bonchev–Trinajstić information content (AvgIpc) is 2.90. The maximum Gasteiger partial charge on any atom is 0.339 e. The van der Waals surface area contributed by atoms with Crippen molar-refractivity contribution in [3.63, 3.8) is 0 Å². The minimum absolute atomic E-state index is 0.0398. The quantitative estimate of drug-likeness (QED) is 0.710. The maximum absolute atomic E-state index is 12.4. The average molecular weight is 382 g/mol. The van der Waals surface area contributed by atoms with Gasteiger partial charge in [-0.2, -0.15) is 0 Å². The number of benzene rings is 1. The van der Waals surface area contributed by atoms with E-state index < -0.39 is 21.9 Å². The van der Waals surface area contributed by atoms with Crippen molar-refractivity contribution in [2.24, 2.45) is 0 Å². The first-order chi connectivity index (χ1) is 11.7. The molecule has 9 heteroatoms. The summed E-state index contributed by atoms with van der Waals surface area (Å²) in [5.74, 6) is -1.59. The van der Waals surface area contributed by atoms with E-state index >= 15 is 0 Å². The molecule has 2 rings (SSSR count). The van der Waals surface area contributed by atoms with Crippen LogP contribution in [0.5, 0.6) is 0 Å². The Morgan fingerprint density at radius 3 is 2.28 bits per heavy atom. The molecule has 134 valence electrons. The molecule has 0 aliphatic rings. The Morgan fingerprint density at radius 1 is 1.20 bits per heavy atom. The predicted molar refractivity (Wildman–Crippen MR) is 96.0 cm³/mol. The fourth-order valence-electron chi connectivity index (χ4n) is 2.40. The Balaban J connectivity index is 2.31. The van der Waals surface area contributed by atoms with Gasteiger partial charge in [0.2, 0.25) is 10.0 Å². The van der Waals surface area contributed by atoms with Crippen molar-refractivity contribution in [1.82, 2.24) is 4.72 Å². The zero-order chi connectivity index (χ0) is 18.8. The van der Waals surface area contributed by atoms with Gasteiger partial charge in [-0.1, -0.05) is 6.92 Å². The molecule has 0 aliphatic heterocycles. The van der Waals surface area contributed by atoms with Gasteiger partial charge in [-0.15, -0.1) is 11.3 Å². The monoisotopic (exact) mass is 382 g/mol. The van der Waals surface area contributed by atoms with Crippen LogP contribution >= 0.6 is 11.3 Å². The van der Waals surface area contributed by atoms with Gasteiger partial charge in [0.15, 0.2) is 0 Å². The van der Waals surface area contributed by atoms with Gasteiger partial charge in [-0.3, -0.25) is 4.79 Å². The van der Waals surface area contributed by atoms with Gasteiger partial charge >= 0.3 is 5.97 Å². The van der Waals surface area contributed by atoms with Gasteiger partial charge < -0.3 is 10.4 Å². The van der Waals surface area contributed by atoms with Crippen LogP contribution < -0.4 is 10.0 Å². The first-order valence-electron chi connectivity index (χ1n) is 7.41. The fourth-order valence-corrected chi connectivity index (χ4v) is 4.26. The molecule has 0 fully saturated rings. The topological polar surface area (TPSA) is 113 Å². The lowest BCUT2D eigenvalue weighted by Gasteiger charge is -2.07. The van der Waals surface area contributed by atoms with E-state index in [-0.39, 0.29) is 21.0 Å². The lowest BCUT2D eigenvalue weighted by Crippen LogP contribution is -2.19. The number of carboxylic acid groups (broad SMARTS) is 1. The molecule has 0 aliphatic carbocycles. The van der Waals surface area contributed by atoms with Crippen LogP contribution in [0.15, 0.2) is 29.2 Å². The molecule has 1 aromatic heterocycles. The zero-order valence-corrected chi connectivity index (χ0v) is 15.5. The largest absolute Gasteiger partial charge is 0.478 e. The molecule has 25 heavy (non-hydrogen) atoms. The SMILES string of the molecule is CCc1c(C)sc(NC(=O)c2ccc(S(=O)(=O)NC)cc2)c1C(=O)O. The first kappa shape index (κ1) is 19.1. The molecule has 1 amide bonds. The molecule has 0 unspecified atom stereocenters. The van der Waals surface area contributed by atoms with Gasteiger partial charge in [0.1, 0.15) is 5.00 Å². The van der Waals surface area contributed by atoms with E-state index in [2.05, 4.69) is 10.0 Å². The number of anilines is 1. The van der Waals surface area contributed by atoms with Crippen molar-refractivity contribution in [1.29, 1.82) is 0 Å². The summed E-state index contributed by atoms with van der Waals surface area (Å²) in [6.07, 6.45) is 0.552. The molecule has 0 saturated carbocycles. The number of sulfonamides is 1. The van der Waals surface area contributed by atoms with Crippen molar-refractivity contribution in [3.05, 3.63) is 45.8 Å². The number of amides is 1. The van der Waals surface area contributed by atoms with Gasteiger partial charge in [0, 0.05) is 10.4 Å². The number of aromatic carboxylic acids is 1. The van der Waals surface area contributed by atoms with E-state index in [1.165, 1.54) is 42.6 Å². The van der Waals surface area contributed by atoms with Gasteiger partial charge in [0.25, 0.3) is 5.91 Å². The highest BCUT2D eigenvalue weighted by molar-refractivity contribution is 7.89. The van der Waals surface area contributed by atoms with E-state index in [0.717, 1.165) is 4.88 Å². The van der Waals surface area contributed by atoms with Crippen LogP contribution in [0, 0.1) is 6.92 Å². The fraction of sp³-hybridized carbons (Fsp3) is 0.250. The van der Waals surface area contributed by atoms with Gasteiger partial charge in [-0.25, -0.2) is 17.9 Å². The Morgan fingerprint density at radius 2 is 1.80 bits per heavy atom. The Kier molecular flexibility index (Phi) is 5.61. The molecular weight excluding hydrogens is 364 g/mol. The number of carboxylic acids is 1. The van der Waals surface area contributed by atoms with Gasteiger partial charge in [0.05, 0.1) is 10.5 Å². The third-order valence-electron chi connectivity index (χ3n) is 3.70. The third kappa shape index (κ3) is 3.89. The highest BCUT2D eigenvalue weighted by atomic mass is 32.2. The van der Waals surface area contributed by atoms with Crippen molar-refractivity contribution < 1.29 is 23.1 Å². The molecule has 2 aromatic rings. The van der Waals surface area contributed by atoms with Crippen molar-refractivity contribution in [2.45, 2.75) is 25.2 Å². The Labute approximate surface area is 149 Å². The molecule has 0 radical (unpaired) electrons. The normalized spacial score (nSPS) is 11.3. The van der Waals surface area contributed by atoms with Crippen molar-refractivity contribution in [3.8, 4) is 0 Å². The van der Waals surface area contributed by atoms with Crippen LogP contribution in [0.25, 0.3) is 0 Å². The molecule has 1 aromatic carbocycles. The summed E-state index contributed by atoms with van der Waals surface area (Å²) in [7, 11) is -2.28. The Hall–Kier alpha value is -2.23. The first-order valence-corrected chi connectivity index (χ1v) is 9.71. The lowest BCUT2D eigenvalue weighted by molar-refractivity contribution is 0.0697. The number of hydrogen-bond acceptors (Lipinski definition) is 5. The van der Waals surface area contributed by atoms with Crippen LogP contribution in [0.1, 0.15) is 38.1 Å². The highest BCUT2D eigenvalue weighted by Crippen LogP contribution is 2.33. The second kappa shape index (κ2) is 7.34. The number of rotatable bonds is 6. The predicted octanol–water partition coefficient (Wildman–Crippen LogP) is 2.48. The summed E-state index contributed by atoms with van der Waals surface area (Å²) in [5, 5.41) is 12.3. The standard InChI is InChI=1S/C16H18N2O5S2/c1-4-12-9(2)24-15(13(12)16(20)21)18-14(19)10-5-7-11(8-6-10)25(22,23)17-3/h5-8,17H,4H2,1-3H3,(H,18,19)(H,20,21). The summed E-state index contributed by atoms with van der Waals surface area (Å²) in [4.78, 5) is 24.7. The van der Waals surface area contributed by atoms with Crippen molar-refractivity contribution in [2.75, 3.05) is 12.4 Å². The summed E-state index contributed by atoms with van der Waals surface area (Å²) in [6, 6.07) is 5.38. The number of aryl methyl sites for hydroxylation is 1. The zero-order valence-electron chi connectivity index (χ0n) is 13.9. The molecule has 0 saturated heterocycles. The summed E-state index contributed by atoms with van der Waals surface area (Å²) >= 11 is 1.21. The summed E-state index contributed by atoms with van der Waals surface area (Å²) < 4.78 is 25.6. The lowest BCUT2D eigenvalue weighted by atomic mass is 10.1. The molecule has 0 atom stereocenters. The van der Waals surface area contributed by atoms with Crippen LogP contribution in [0.3, 0.4) is 0 Å². The van der Waals surface area contributed by atoms with E-state index in [0.29, 0.717) is 12.0 Å². The highest BCUT2D eigenvalue weighted by Gasteiger charge is 2.22. The molecule has 3 N–H and O–H groups in total. The molecule has 7 nitrogen and oxygen atoms in total. The van der Waals surface area contributed by atoms with Crippen LogP contribution in [-0.4, -0.2) is 32.4 Å². The van der Waals surface area contributed by atoms with E-state index in [1.54, 1.807) is 0 Å². The minimum Gasteiger partial charge on any atom is -0.478 e. The number of carbonyl (C=O) groups excluding carboxylic acids is 1. The van der Waals surface area contributed by atoms with Crippen LogP contribution in [0.2, 0.25) is 0 Å². The van der Waals surface area contributed by atoms with Crippen molar-refractivity contribution >= 4 is 38.2 Å². The second-order valence-electron chi connectivity index (χ2n) is 5.19. The number of carbonyl (C=O) groups is 2. The number of thiophene rings is 1. The summed E-state index contributed by atoms with van der Waals surface area (Å²) in [5.41, 5.74) is 1.03. The van der Waals surface area contributed by atoms with Crippen LogP contribution in [0.4, 0.5) is 5.00 Å². The number of hydrogen-bond donors (Lipinski definition) is 3. The molecule has 0 spiro atoms. The van der Waals surface area contributed by atoms with Crippen LogP contribution in [-0.2, 0) is 16.4 Å². The van der Waals surface area contributed by atoms with Gasteiger partial charge in [-0.05, 0) is 50.2 Å². The minimum atomic E-state index is -3.58. The van der Waals surface area contributed by atoms with E-state index in [9.17, 15) is 23.1 Å². The number of nitrogens with one attached hydrogen (secondary N) is 2. The molecular formula is C16H18N2O5S2. The molecule has 0 bridgehead atoms. The van der Waals surface area contributed by atoms with E-state index in [1.807, 2.05) is 13.8 Å². The summed E-state index contributed by atoms with van der Waals surface area (Å²) in [6.45, 7) is 3.66. The third-order valence-corrected chi connectivity index (χ3v) is 6.19. The molecule has 1 heterocycles. The Bertz CT molecular complexity index is 915. The smallest absolute Gasteiger partial charge is 0.339 e. The maximum atomic E-state index is 12.4.